The normalized spacial score (nSPS) is 11.2. The van der Waals surface area contributed by atoms with Crippen molar-refractivity contribution in [1.29, 1.82) is 0 Å². The fraction of sp³-hybridized carbons (Fsp3) is 0.245. The summed E-state index contributed by atoms with van der Waals surface area (Å²) in [6.07, 6.45) is 1.74. The lowest BCUT2D eigenvalue weighted by atomic mass is 9.90. The summed E-state index contributed by atoms with van der Waals surface area (Å²) in [5.41, 5.74) is 24.6. The van der Waals surface area contributed by atoms with E-state index in [1.807, 2.05) is 97.1 Å². The van der Waals surface area contributed by atoms with E-state index in [4.69, 9.17) is 44.1 Å². The van der Waals surface area contributed by atoms with Gasteiger partial charge in [-0.25, -0.2) is 0 Å². The molecule has 312 valence electrons. The van der Waals surface area contributed by atoms with Gasteiger partial charge < -0.3 is 42.2 Å². The Kier molecular flexibility index (Phi) is 16.7. The highest BCUT2D eigenvalue weighted by atomic mass is 35.5. The molecule has 0 saturated carbocycles. The average molecular weight is 846 g/mol. The van der Waals surface area contributed by atoms with Gasteiger partial charge in [-0.2, -0.15) is 0 Å². The predicted molar refractivity (Wildman–Crippen MR) is 249 cm³/mol. The molecule has 6 rings (SSSR count). The van der Waals surface area contributed by atoms with E-state index in [-0.39, 0.29) is 18.9 Å². The van der Waals surface area contributed by atoms with E-state index < -0.39 is 0 Å². The first kappa shape index (κ1) is 44.5. The molecule has 0 bridgehead atoms. The van der Waals surface area contributed by atoms with Crippen molar-refractivity contribution in [1.82, 2.24) is 10.6 Å². The largest absolute Gasteiger partial charge is 0.383 e. The first-order chi connectivity index (χ1) is 29.3. The molecule has 0 heterocycles. The van der Waals surface area contributed by atoms with Gasteiger partial charge in [-0.1, -0.05) is 96.0 Å². The summed E-state index contributed by atoms with van der Waals surface area (Å²) in [5.74, 6) is -0.148. The van der Waals surface area contributed by atoms with Crippen LogP contribution in [0.3, 0.4) is 0 Å². The van der Waals surface area contributed by atoms with Crippen LogP contribution in [0.4, 0.5) is 22.7 Å². The summed E-state index contributed by atoms with van der Waals surface area (Å²) in [6.45, 7) is 5.00. The van der Waals surface area contributed by atoms with Gasteiger partial charge in [-0.15, -0.1) is 0 Å². The Bertz CT molecular complexity index is 2210. The molecule has 9 nitrogen and oxygen atoms in total. The van der Waals surface area contributed by atoms with Gasteiger partial charge in [0.2, 0.25) is 0 Å². The lowest BCUT2D eigenvalue weighted by Gasteiger charge is -2.16. The van der Waals surface area contributed by atoms with Gasteiger partial charge in [0.1, 0.15) is 0 Å². The Morgan fingerprint density at radius 3 is 1.37 bits per heavy atom. The van der Waals surface area contributed by atoms with Gasteiger partial charge in [0, 0.05) is 85.4 Å². The lowest BCUT2D eigenvalue weighted by molar-refractivity contribution is 0.103. The maximum absolute atomic E-state index is 14.2. The molecule has 0 fully saturated rings. The molecule has 0 aliphatic rings. The van der Waals surface area contributed by atoms with Crippen molar-refractivity contribution in [3.05, 3.63) is 165 Å². The Morgan fingerprint density at radius 1 is 0.533 bits per heavy atom. The maximum Gasteiger partial charge on any atom is 0.193 e. The number of anilines is 4. The zero-order chi connectivity index (χ0) is 42.3. The molecule has 0 radical (unpaired) electrons. The average Bonchev–Trinajstić information content (AvgIpc) is 3.27. The first-order valence-electron chi connectivity index (χ1n) is 20.2. The van der Waals surface area contributed by atoms with E-state index in [2.05, 4.69) is 45.5 Å². The van der Waals surface area contributed by atoms with Crippen molar-refractivity contribution in [2.75, 3.05) is 64.2 Å². The highest BCUT2D eigenvalue weighted by Gasteiger charge is 2.19. The van der Waals surface area contributed by atoms with Gasteiger partial charge in [0.25, 0.3) is 0 Å². The molecule has 0 atom stereocenters. The van der Waals surface area contributed by atoms with Gasteiger partial charge in [0.05, 0.1) is 23.3 Å². The highest BCUT2D eigenvalue weighted by Crippen LogP contribution is 2.36. The van der Waals surface area contributed by atoms with Crippen molar-refractivity contribution in [2.45, 2.75) is 25.9 Å². The Hall–Kier alpha value is -5.07. The van der Waals surface area contributed by atoms with Crippen LogP contribution in [0.2, 0.25) is 10.0 Å². The summed E-state index contributed by atoms with van der Waals surface area (Å²) >= 11 is 13.8. The molecule has 0 saturated heterocycles. The topological polar surface area (TPSA) is 136 Å². The Labute approximate surface area is 363 Å². The fourth-order valence-corrected chi connectivity index (χ4v) is 7.76. The number of ketones is 1. The number of halogens is 2. The number of carbonyl (C=O) groups is 1. The molecular weight excluding hydrogens is 791 g/mol. The van der Waals surface area contributed by atoms with E-state index in [1.165, 1.54) is 11.1 Å². The number of benzene rings is 6. The van der Waals surface area contributed by atoms with Crippen LogP contribution in [-0.4, -0.2) is 59.4 Å². The number of carbonyl (C=O) groups excluding carboxylic acids is 1. The van der Waals surface area contributed by atoms with Gasteiger partial charge in [-0.3, -0.25) is 4.79 Å². The van der Waals surface area contributed by atoms with Gasteiger partial charge >= 0.3 is 0 Å². The number of ether oxygens (including phenoxy) is 2. The van der Waals surface area contributed by atoms with Gasteiger partial charge in [0.15, 0.2) is 5.78 Å². The molecule has 11 heteroatoms. The van der Waals surface area contributed by atoms with Crippen LogP contribution in [0.25, 0.3) is 22.3 Å². The number of methoxy groups -OCH3 is 2. The van der Waals surface area contributed by atoms with E-state index >= 15 is 0 Å². The summed E-state index contributed by atoms with van der Waals surface area (Å²) in [6, 6.07) is 39.7. The second kappa shape index (κ2) is 22.5. The molecule has 0 aliphatic heterocycles. The van der Waals surface area contributed by atoms with Crippen molar-refractivity contribution in [2.24, 2.45) is 11.5 Å². The number of hydrogen-bond donors (Lipinski definition) is 6. The Balaban J connectivity index is 1.15. The number of rotatable bonds is 22. The molecule has 0 amide bonds. The van der Waals surface area contributed by atoms with Crippen molar-refractivity contribution >= 4 is 51.7 Å². The van der Waals surface area contributed by atoms with Crippen LogP contribution in [0, 0.1) is 0 Å². The third kappa shape index (κ3) is 11.6. The zero-order valence-electron chi connectivity index (χ0n) is 34.3. The van der Waals surface area contributed by atoms with E-state index in [9.17, 15) is 4.79 Å². The molecule has 6 aromatic carbocycles. The van der Waals surface area contributed by atoms with Crippen LogP contribution in [0.15, 0.2) is 121 Å². The number of para-hydroxylation sites is 2. The predicted octanol–water partition coefficient (Wildman–Crippen LogP) is 9.52. The molecule has 0 unspecified atom stereocenters. The van der Waals surface area contributed by atoms with E-state index in [0.29, 0.717) is 45.5 Å². The molecule has 60 heavy (non-hydrogen) atoms. The van der Waals surface area contributed by atoms with Crippen molar-refractivity contribution in [3.63, 3.8) is 0 Å². The number of hydrogen-bond acceptors (Lipinski definition) is 9. The third-order valence-electron chi connectivity index (χ3n) is 10.4. The summed E-state index contributed by atoms with van der Waals surface area (Å²) < 4.78 is 10.3. The van der Waals surface area contributed by atoms with Crippen LogP contribution < -0.4 is 32.7 Å². The quantitative estimate of drug-likeness (QED) is 0.0292. The second-order valence-electron chi connectivity index (χ2n) is 14.4. The molecule has 0 spiro atoms. The SMILES string of the molecule is COCCNCCc1ccccc1Nc1ccc(-c2ccc(C(=O)c3ccc(-c4ccc(Nc5ccccc5CCNCCOC)cc4Cl)cc3CN)c(CN)c2)c(Cl)c1. The highest BCUT2D eigenvalue weighted by molar-refractivity contribution is 6.34. The monoisotopic (exact) mass is 844 g/mol. The molecule has 6 aromatic rings. The molecule has 0 aromatic heterocycles. The zero-order valence-corrected chi connectivity index (χ0v) is 35.8. The van der Waals surface area contributed by atoms with E-state index in [0.717, 1.165) is 84.0 Å². The van der Waals surface area contributed by atoms with Crippen LogP contribution in [0.5, 0.6) is 0 Å². The van der Waals surface area contributed by atoms with Crippen molar-refractivity contribution in [3.8, 4) is 22.3 Å². The Morgan fingerprint density at radius 2 is 0.967 bits per heavy atom. The summed E-state index contributed by atoms with van der Waals surface area (Å²) in [7, 11) is 3.40. The summed E-state index contributed by atoms with van der Waals surface area (Å²) in [5, 5.41) is 15.0. The van der Waals surface area contributed by atoms with E-state index in [1.54, 1.807) is 14.2 Å². The minimum atomic E-state index is -0.148. The second-order valence-corrected chi connectivity index (χ2v) is 15.2. The summed E-state index contributed by atoms with van der Waals surface area (Å²) in [4.78, 5) is 14.2. The van der Waals surface area contributed by atoms with Gasteiger partial charge in [-0.05, 0) is 108 Å². The maximum atomic E-state index is 14.2. The van der Waals surface area contributed by atoms with Crippen molar-refractivity contribution < 1.29 is 14.3 Å². The van der Waals surface area contributed by atoms with Crippen LogP contribution >= 0.6 is 23.2 Å². The third-order valence-corrected chi connectivity index (χ3v) is 11.0. The molecule has 0 aliphatic carbocycles. The number of nitrogens with two attached hydrogens (primary N) is 2. The first-order valence-corrected chi connectivity index (χ1v) is 21.0. The van der Waals surface area contributed by atoms with Crippen LogP contribution in [-0.2, 0) is 35.4 Å². The molecular formula is C49H54Cl2N6O3. The van der Waals surface area contributed by atoms with Crippen LogP contribution in [0.1, 0.15) is 38.2 Å². The standard InChI is InChI=1S/C49H54Cl2N6O3/c1-59-25-23-54-21-19-33-7-3-5-9-47(33)56-39-13-17-41(45(50)29-39)35-11-15-43(37(27-35)31-52)49(58)44-16-12-36(28-38(44)32-53)42-18-14-40(30-46(42)51)57-48-10-6-4-8-34(48)20-22-55-24-26-60-2/h3-18,27-30,54-57H,19-26,31-32,52-53H2,1-2H3. The minimum absolute atomic E-state index is 0.148. The molecule has 8 N–H and O–H groups in total. The number of nitrogens with one attached hydrogen (secondary N) is 4. The lowest BCUT2D eigenvalue weighted by Crippen LogP contribution is -2.21. The minimum Gasteiger partial charge on any atom is -0.383 e. The fourth-order valence-electron chi connectivity index (χ4n) is 7.18. The smallest absolute Gasteiger partial charge is 0.193 e.